The molecule has 2 unspecified atom stereocenters. The van der Waals surface area contributed by atoms with Crippen molar-refractivity contribution in [1.29, 1.82) is 0 Å². The topological polar surface area (TPSA) is 82.8 Å². The highest BCUT2D eigenvalue weighted by Crippen LogP contribution is 2.36. The first-order valence-corrected chi connectivity index (χ1v) is 10.9. The number of rotatable bonds is 11. The van der Waals surface area contributed by atoms with Crippen LogP contribution in [0.1, 0.15) is 25.0 Å². The Labute approximate surface area is 200 Å². The zero-order valence-electron chi connectivity index (χ0n) is 18.9. The number of ether oxygens (including phenoxy) is 3. The minimum Gasteiger partial charge on any atom is -0.489 e. The van der Waals surface area contributed by atoms with Gasteiger partial charge < -0.3 is 19.3 Å². The number of carboxylic acid groups (broad SMARTS) is 1. The van der Waals surface area contributed by atoms with E-state index >= 15 is 0 Å². The zero-order valence-corrected chi connectivity index (χ0v) is 19.7. The summed E-state index contributed by atoms with van der Waals surface area (Å²) in [6.07, 6.45) is -2.35. The van der Waals surface area contributed by atoms with Crippen LogP contribution in [-0.4, -0.2) is 40.0 Å². The summed E-state index contributed by atoms with van der Waals surface area (Å²) in [6, 6.07) is 12.5. The van der Waals surface area contributed by atoms with Crippen LogP contribution < -0.4 is 14.2 Å². The highest BCUT2D eigenvalue weighted by molar-refractivity contribution is 6.34. The first-order chi connectivity index (χ1) is 16.2. The molecule has 0 bridgehead atoms. The third-order valence-corrected chi connectivity index (χ3v) is 5.35. The van der Waals surface area contributed by atoms with Gasteiger partial charge in [-0.2, -0.15) is 9.49 Å². The van der Waals surface area contributed by atoms with Gasteiger partial charge in [-0.15, -0.1) is 0 Å². The average molecular weight is 495 g/mol. The molecule has 0 saturated carbocycles. The largest absolute Gasteiger partial charge is 0.489 e. The fraction of sp³-hybridized carbons (Fsp3) is 0.333. The van der Waals surface area contributed by atoms with Gasteiger partial charge in [-0.1, -0.05) is 30.7 Å². The van der Waals surface area contributed by atoms with E-state index in [1.54, 1.807) is 24.3 Å². The Kier molecular flexibility index (Phi) is 8.33. The van der Waals surface area contributed by atoms with Gasteiger partial charge in [0.05, 0.1) is 0 Å². The number of aliphatic carboxylic acids is 1. The molecule has 34 heavy (non-hydrogen) atoms. The summed E-state index contributed by atoms with van der Waals surface area (Å²) in [4.78, 5) is 11.2. The van der Waals surface area contributed by atoms with Gasteiger partial charge in [-0.25, -0.2) is 13.9 Å². The van der Waals surface area contributed by atoms with E-state index in [2.05, 4.69) is 5.10 Å². The van der Waals surface area contributed by atoms with Crippen molar-refractivity contribution in [3.05, 3.63) is 58.6 Å². The maximum atomic E-state index is 13.3. The third-order valence-electron chi connectivity index (χ3n) is 5.01. The molecule has 7 nitrogen and oxygen atoms in total. The van der Waals surface area contributed by atoms with E-state index < -0.39 is 25.1 Å². The van der Waals surface area contributed by atoms with Gasteiger partial charge in [0.1, 0.15) is 28.8 Å². The monoisotopic (exact) mass is 494 g/mol. The van der Waals surface area contributed by atoms with Crippen LogP contribution in [0.2, 0.25) is 5.02 Å². The van der Waals surface area contributed by atoms with Gasteiger partial charge in [0.15, 0.2) is 12.8 Å². The van der Waals surface area contributed by atoms with E-state index in [9.17, 15) is 13.6 Å². The Balaban J connectivity index is 1.74. The standard InChI is InChI=1S/C24H25ClF2N2O5/c1-4-15-5-6-17(19(11-15)33-14(2)24(30)31)13-32-18-9-7-16(8-10-18)22-21(25)23(29(3)28-22)34-20(27)12-26/h5-11,14,20H,4,12-13H2,1-3H3,(H,30,31). The zero-order chi connectivity index (χ0) is 24.8. The second-order valence-electron chi connectivity index (χ2n) is 7.48. The van der Waals surface area contributed by atoms with Crippen molar-refractivity contribution in [2.45, 2.75) is 39.3 Å². The molecule has 0 amide bonds. The fourth-order valence-corrected chi connectivity index (χ4v) is 3.42. The van der Waals surface area contributed by atoms with Gasteiger partial charge in [0, 0.05) is 18.2 Å². The average Bonchev–Trinajstić information content (AvgIpc) is 3.11. The second-order valence-corrected chi connectivity index (χ2v) is 7.86. The predicted octanol–water partition coefficient (Wildman–Crippen LogP) is 5.38. The molecule has 0 fully saturated rings. The Hall–Kier alpha value is -3.33. The molecule has 182 valence electrons. The Morgan fingerprint density at radius 1 is 1.21 bits per heavy atom. The number of aryl methyl sites for hydroxylation is 2. The lowest BCUT2D eigenvalue weighted by molar-refractivity contribution is -0.144. The van der Waals surface area contributed by atoms with Gasteiger partial charge in [-0.05, 0) is 49.2 Å². The van der Waals surface area contributed by atoms with Crippen molar-refractivity contribution in [2.24, 2.45) is 7.05 Å². The van der Waals surface area contributed by atoms with Gasteiger partial charge in [0.25, 0.3) is 6.36 Å². The maximum Gasteiger partial charge on any atom is 0.344 e. The van der Waals surface area contributed by atoms with E-state index in [1.807, 2.05) is 25.1 Å². The molecule has 3 rings (SSSR count). The smallest absolute Gasteiger partial charge is 0.344 e. The molecule has 1 heterocycles. The number of benzene rings is 2. The van der Waals surface area contributed by atoms with Crippen molar-refractivity contribution in [2.75, 3.05) is 6.67 Å². The Morgan fingerprint density at radius 3 is 2.53 bits per heavy atom. The number of hydrogen-bond acceptors (Lipinski definition) is 5. The summed E-state index contributed by atoms with van der Waals surface area (Å²) in [5, 5.41) is 13.5. The number of hydrogen-bond donors (Lipinski definition) is 1. The number of carbonyl (C=O) groups is 1. The minimum absolute atomic E-state index is 0.0672. The minimum atomic E-state index is -2.13. The number of carboxylic acids is 1. The second kappa shape index (κ2) is 11.2. The lowest BCUT2D eigenvalue weighted by atomic mass is 10.1. The summed E-state index contributed by atoms with van der Waals surface area (Å²) >= 11 is 6.27. The molecule has 3 aromatic rings. The van der Waals surface area contributed by atoms with Gasteiger partial charge in [0.2, 0.25) is 5.88 Å². The molecule has 0 spiro atoms. The van der Waals surface area contributed by atoms with Gasteiger partial charge >= 0.3 is 5.97 Å². The van der Waals surface area contributed by atoms with Crippen LogP contribution in [0.15, 0.2) is 42.5 Å². The van der Waals surface area contributed by atoms with Crippen LogP contribution in [0.5, 0.6) is 17.4 Å². The molecule has 2 aromatic carbocycles. The summed E-state index contributed by atoms with van der Waals surface area (Å²) in [5.74, 6) is -0.123. The highest BCUT2D eigenvalue weighted by Gasteiger charge is 2.21. The summed E-state index contributed by atoms with van der Waals surface area (Å²) < 4.78 is 43.3. The maximum absolute atomic E-state index is 13.3. The SMILES string of the molecule is CCc1ccc(COc2ccc(-c3nn(C)c(OC(F)CF)c3Cl)cc2)c(OC(C)C(=O)O)c1. The molecule has 0 saturated heterocycles. The first kappa shape index (κ1) is 25.3. The van der Waals surface area contributed by atoms with Crippen molar-refractivity contribution in [1.82, 2.24) is 9.78 Å². The quantitative estimate of drug-likeness (QED) is 0.385. The summed E-state index contributed by atoms with van der Waals surface area (Å²) in [6.45, 7) is 2.33. The van der Waals surface area contributed by atoms with Crippen LogP contribution >= 0.6 is 11.6 Å². The molecule has 1 aromatic heterocycles. The molecule has 0 aliphatic heterocycles. The predicted molar refractivity (Wildman–Crippen MR) is 123 cm³/mol. The lowest BCUT2D eigenvalue weighted by Crippen LogP contribution is -2.23. The number of alkyl halides is 2. The van der Waals surface area contributed by atoms with E-state index in [4.69, 9.17) is 30.9 Å². The van der Waals surface area contributed by atoms with Crippen LogP contribution in [0.4, 0.5) is 8.78 Å². The van der Waals surface area contributed by atoms with Crippen molar-refractivity contribution in [3.63, 3.8) is 0 Å². The van der Waals surface area contributed by atoms with Crippen LogP contribution in [0.3, 0.4) is 0 Å². The first-order valence-electron chi connectivity index (χ1n) is 10.6. The molecule has 2 atom stereocenters. The van der Waals surface area contributed by atoms with Crippen LogP contribution in [0, 0.1) is 0 Å². The van der Waals surface area contributed by atoms with E-state index in [0.717, 1.165) is 12.0 Å². The van der Waals surface area contributed by atoms with E-state index in [-0.39, 0.29) is 17.5 Å². The summed E-state index contributed by atoms with van der Waals surface area (Å²) in [7, 11) is 1.52. The van der Waals surface area contributed by atoms with Crippen molar-refractivity contribution in [3.8, 4) is 28.6 Å². The Bertz CT molecular complexity index is 1140. The lowest BCUT2D eigenvalue weighted by Gasteiger charge is -2.16. The van der Waals surface area contributed by atoms with E-state index in [1.165, 1.54) is 18.7 Å². The molecule has 0 radical (unpaired) electrons. The van der Waals surface area contributed by atoms with Crippen LogP contribution in [-0.2, 0) is 24.9 Å². The van der Waals surface area contributed by atoms with Crippen molar-refractivity contribution >= 4 is 17.6 Å². The number of aromatic nitrogens is 2. The molecule has 0 aliphatic carbocycles. The molecular weight excluding hydrogens is 470 g/mol. The van der Waals surface area contributed by atoms with Crippen molar-refractivity contribution < 1.29 is 32.9 Å². The molecular formula is C24H25ClF2N2O5. The highest BCUT2D eigenvalue weighted by atomic mass is 35.5. The molecule has 1 N–H and O–H groups in total. The van der Waals surface area contributed by atoms with Crippen LogP contribution in [0.25, 0.3) is 11.3 Å². The van der Waals surface area contributed by atoms with E-state index in [0.29, 0.717) is 28.3 Å². The van der Waals surface area contributed by atoms with Gasteiger partial charge in [-0.3, -0.25) is 0 Å². The molecule has 10 heteroatoms. The number of nitrogens with zero attached hydrogens (tertiary/aromatic N) is 2. The normalized spacial score (nSPS) is 12.8. The third kappa shape index (κ3) is 5.96. The summed E-state index contributed by atoms with van der Waals surface area (Å²) in [5.41, 5.74) is 2.70. The number of halogens is 3. The Morgan fingerprint density at radius 2 is 1.91 bits per heavy atom. The fourth-order valence-electron chi connectivity index (χ4n) is 3.11. The molecule has 0 aliphatic rings.